The number of aliphatic hydroxyl groups excluding tert-OH is 1. The SMILES string of the molecule is COc1ccc(CN2C(=O)C(=O)/C(=C(\O)c3cccc([N+](=O)[O-])c3)C2c2ccc(N(C)C)cc2)cc1. The lowest BCUT2D eigenvalue weighted by Crippen LogP contribution is -2.29. The van der Waals surface area contributed by atoms with Gasteiger partial charge in [0.15, 0.2) is 0 Å². The van der Waals surface area contributed by atoms with Crippen LogP contribution in [0.3, 0.4) is 0 Å². The summed E-state index contributed by atoms with van der Waals surface area (Å²) in [4.78, 5) is 40.4. The largest absolute Gasteiger partial charge is 0.507 e. The lowest BCUT2D eigenvalue weighted by molar-refractivity contribution is -0.384. The van der Waals surface area contributed by atoms with Crippen LogP contribution < -0.4 is 9.64 Å². The van der Waals surface area contributed by atoms with Gasteiger partial charge in [-0.3, -0.25) is 19.7 Å². The van der Waals surface area contributed by atoms with Crippen LogP contribution in [-0.4, -0.2) is 47.8 Å². The van der Waals surface area contributed by atoms with Crippen LogP contribution in [0.5, 0.6) is 5.75 Å². The highest BCUT2D eigenvalue weighted by molar-refractivity contribution is 6.46. The van der Waals surface area contributed by atoms with Gasteiger partial charge < -0.3 is 19.6 Å². The summed E-state index contributed by atoms with van der Waals surface area (Å²) < 4.78 is 5.20. The lowest BCUT2D eigenvalue weighted by Gasteiger charge is -2.26. The molecule has 1 aliphatic heterocycles. The van der Waals surface area contributed by atoms with Crippen molar-refractivity contribution in [3.05, 3.63) is 105 Å². The fourth-order valence-corrected chi connectivity index (χ4v) is 4.19. The van der Waals surface area contributed by atoms with Gasteiger partial charge in [0, 0.05) is 44.0 Å². The quantitative estimate of drug-likeness (QED) is 0.174. The van der Waals surface area contributed by atoms with E-state index in [4.69, 9.17) is 4.74 Å². The molecule has 9 nitrogen and oxygen atoms in total. The van der Waals surface area contributed by atoms with Crippen molar-refractivity contribution in [1.82, 2.24) is 4.90 Å². The second kappa shape index (κ2) is 9.91. The molecule has 1 saturated heterocycles. The van der Waals surface area contributed by atoms with Gasteiger partial charge in [-0.1, -0.05) is 36.4 Å². The van der Waals surface area contributed by atoms with Crippen molar-refractivity contribution >= 4 is 28.8 Å². The fourth-order valence-electron chi connectivity index (χ4n) is 4.19. The number of benzene rings is 3. The van der Waals surface area contributed by atoms with Crippen LogP contribution >= 0.6 is 0 Å². The Hall–Kier alpha value is -4.66. The summed E-state index contributed by atoms with van der Waals surface area (Å²) in [6, 6.07) is 18.9. The Balaban J connectivity index is 1.84. The zero-order valence-corrected chi connectivity index (χ0v) is 20.0. The minimum absolute atomic E-state index is 0.0848. The van der Waals surface area contributed by atoms with E-state index in [0.29, 0.717) is 11.3 Å². The Morgan fingerprint density at radius 1 is 1.06 bits per heavy atom. The van der Waals surface area contributed by atoms with Crippen molar-refractivity contribution in [3.8, 4) is 5.75 Å². The number of non-ortho nitro benzene ring substituents is 1. The van der Waals surface area contributed by atoms with Gasteiger partial charge in [0.25, 0.3) is 17.4 Å². The first kappa shape index (κ1) is 24.5. The molecule has 0 bridgehead atoms. The molecule has 0 aromatic heterocycles. The van der Waals surface area contributed by atoms with E-state index < -0.39 is 28.4 Å². The van der Waals surface area contributed by atoms with Crippen molar-refractivity contribution in [3.63, 3.8) is 0 Å². The highest BCUT2D eigenvalue weighted by Crippen LogP contribution is 2.41. The molecule has 184 valence electrons. The predicted octanol–water partition coefficient (Wildman–Crippen LogP) is 4.29. The van der Waals surface area contributed by atoms with Crippen LogP contribution in [0.25, 0.3) is 5.76 Å². The molecule has 1 N–H and O–H groups in total. The molecule has 3 aromatic rings. The summed E-state index contributed by atoms with van der Waals surface area (Å²) >= 11 is 0. The Kier molecular flexibility index (Phi) is 6.73. The predicted molar refractivity (Wildman–Crippen MR) is 135 cm³/mol. The molecule has 1 heterocycles. The van der Waals surface area contributed by atoms with Gasteiger partial charge in [0.05, 0.1) is 23.6 Å². The number of likely N-dealkylation sites (tertiary alicyclic amines) is 1. The molecular formula is C27H25N3O6. The molecule has 1 fully saturated rings. The van der Waals surface area contributed by atoms with E-state index in [2.05, 4.69) is 0 Å². The highest BCUT2D eigenvalue weighted by atomic mass is 16.6. The zero-order chi connectivity index (χ0) is 26.0. The van der Waals surface area contributed by atoms with Crippen LogP contribution in [-0.2, 0) is 16.1 Å². The van der Waals surface area contributed by atoms with Gasteiger partial charge in [0.1, 0.15) is 11.5 Å². The third-order valence-corrected chi connectivity index (χ3v) is 6.11. The monoisotopic (exact) mass is 487 g/mol. The first-order valence-electron chi connectivity index (χ1n) is 11.1. The number of rotatable bonds is 7. The normalized spacial score (nSPS) is 16.8. The number of ether oxygens (including phenoxy) is 1. The number of aliphatic hydroxyl groups is 1. The Morgan fingerprint density at radius 2 is 1.72 bits per heavy atom. The van der Waals surface area contributed by atoms with E-state index in [1.807, 2.05) is 31.1 Å². The lowest BCUT2D eigenvalue weighted by atomic mass is 9.94. The molecule has 9 heteroatoms. The van der Waals surface area contributed by atoms with E-state index in [1.165, 1.54) is 29.2 Å². The van der Waals surface area contributed by atoms with Gasteiger partial charge in [-0.2, -0.15) is 0 Å². The number of methoxy groups -OCH3 is 1. The van der Waals surface area contributed by atoms with Crippen molar-refractivity contribution in [2.75, 3.05) is 26.1 Å². The third-order valence-electron chi connectivity index (χ3n) is 6.11. The topological polar surface area (TPSA) is 113 Å². The Morgan fingerprint density at radius 3 is 2.31 bits per heavy atom. The Bertz CT molecular complexity index is 1350. The molecule has 1 unspecified atom stereocenters. The molecule has 4 rings (SSSR count). The molecule has 0 spiro atoms. The minimum atomic E-state index is -0.887. The summed E-state index contributed by atoms with van der Waals surface area (Å²) in [7, 11) is 5.35. The number of nitro benzene ring substituents is 1. The molecule has 3 aromatic carbocycles. The number of amides is 1. The van der Waals surface area contributed by atoms with E-state index >= 15 is 0 Å². The summed E-state index contributed by atoms with van der Waals surface area (Å²) in [6.07, 6.45) is 0. The van der Waals surface area contributed by atoms with Crippen LogP contribution in [0.4, 0.5) is 11.4 Å². The summed E-state index contributed by atoms with van der Waals surface area (Å²) in [5.74, 6) is -1.42. The van der Waals surface area contributed by atoms with E-state index in [-0.39, 0.29) is 23.4 Å². The molecule has 1 atom stereocenters. The maximum absolute atomic E-state index is 13.2. The first-order valence-corrected chi connectivity index (χ1v) is 11.1. The second-order valence-electron chi connectivity index (χ2n) is 8.57. The average molecular weight is 488 g/mol. The number of ketones is 1. The van der Waals surface area contributed by atoms with E-state index in [0.717, 1.165) is 11.3 Å². The number of hydrogen-bond donors (Lipinski definition) is 1. The van der Waals surface area contributed by atoms with E-state index in [9.17, 15) is 24.8 Å². The molecule has 0 radical (unpaired) electrons. The highest BCUT2D eigenvalue weighted by Gasteiger charge is 2.46. The molecule has 1 amide bonds. The van der Waals surface area contributed by atoms with E-state index in [1.54, 1.807) is 43.5 Å². The minimum Gasteiger partial charge on any atom is -0.507 e. The van der Waals surface area contributed by atoms with Crippen molar-refractivity contribution in [2.24, 2.45) is 0 Å². The summed E-state index contributed by atoms with van der Waals surface area (Å²) in [6.45, 7) is 0.111. The molecular weight excluding hydrogens is 462 g/mol. The van der Waals surface area contributed by atoms with Gasteiger partial charge in [-0.25, -0.2) is 0 Å². The van der Waals surface area contributed by atoms with Crippen molar-refractivity contribution in [1.29, 1.82) is 0 Å². The van der Waals surface area contributed by atoms with Crippen LogP contribution in [0.1, 0.15) is 22.7 Å². The van der Waals surface area contributed by atoms with Crippen molar-refractivity contribution in [2.45, 2.75) is 12.6 Å². The Labute approximate surface area is 208 Å². The number of carbonyl (C=O) groups is 2. The number of carbonyl (C=O) groups excluding carboxylic acids is 2. The van der Waals surface area contributed by atoms with Gasteiger partial charge in [-0.05, 0) is 35.4 Å². The molecule has 0 saturated carbocycles. The number of nitro groups is 1. The molecule has 36 heavy (non-hydrogen) atoms. The number of nitrogens with zero attached hydrogens (tertiary/aromatic N) is 3. The molecule has 0 aliphatic carbocycles. The molecule has 1 aliphatic rings. The number of anilines is 1. The zero-order valence-electron chi connectivity index (χ0n) is 20.0. The standard InChI is InChI=1S/C27H25N3O6/c1-28(2)20-11-9-18(10-12-20)24-23(25(31)19-5-4-6-21(15-19)30(34)35)26(32)27(33)29(24)16-17-7-13-22(36-3)14-8-17/h4-15,24,31H,16H2,1-3H3/b25-23-. The number of hydrogen-bond acceptors (Lipinski definition) is 7. The van der Waals surface area contributed by atoms with Gasteiger partial charge in [0.2, 0.25) is 0 Å². The summed E-state index contributed by atoms with van der Waals surface area (Å²) in [5.41, 5.74) is 2.04. The summed E-state index contributed by atoms with van der Waals surface area (Å²) in [5, 5.41) is 22.4. The maximum atomic E-state index is 13.2. The van der Waals surface area contributed by atoms with Crippen LogP contribution in [0.15, 0.2) is 78.4 Å². The van der Waals surface area contributed by atoms with Gasteiger partial charge in [-0.15, -0.1) is 0 Å². The van der Waals surface area contributed by atoms with Crippen LogP contribution in [0.2, 0.25) is 0 Å². The van der Waals surface area contributed by atoms with Crippen molar-refractivity contribution < 1.29 is 24.4 Å². The first-order chi connectivity index (χ1) is 17.2. The third kappa shape index (κ3) is 4.63. The number of Topliss-reactive ketones (excluding diaryl/α,β-unsaturated/α-hetero) is 1. The second-order valence-corrected chi connectivity index (χ2v) is 8.57. The average Bonchev–Trinajstić information content (AvgIpc) is 3.13. The fraction of sp³-hybridized carbons (Fsp3) is 0.185. The smallest absolute Gasteiger partial charge is 0.295 e. The van der Waals surface area contributed by atoms with Gasteiger partial charge >= 0.3 is 0 Å². The maximum Gasteiger partial charge on any atom is 0.295 e. The van der Waals surface area contributed by atoms with Crippen LogP contribution in [0, 0.1) is 10.1 Å².